The first kappa shape index (κ1) is 12.6. The minimum absolute atomic E-state index is 0.706. The largest absolute Gasteiger partial charge is 0.382 e. The maximum Gasteiger partial charge on any atom is 0.0832 e. The van der Waals surface area contributed by atoms with Crippen LogP contribution in [0.1, 0.15) is 17.8 Å². The first-order valence-corrected chi connectivity index (χ1v) is 6.29. The minimum atomic E-state index is 0.706. The van der Waals surface area contributed by atoms with Crippen LogP contribution >= 0.6 is 0 Å². The van der Waals surface area contributed by atoms with Crippen molar-refractivity contribution in [2.45, 2.75) is 20.3 Å². The Balaban J connectivity index is 2.26. The van der Waals surface area contributed by atoms with Crippen molar-refractivity contribution in [3.05, 3.63) is 41.7 Å². The molecule has 3 N–H and O–H groups in total. The van der Waals surface area contributed by atoms with Gasteiger partial charge in [-0.25, -0.2) is 4.68 Å². The lowest BCUT2D eigenvalue weighted by molar-refractivity contribution is 0.833. The number of anilines is 1. The van der Waals surface area contributed by atoms with E-state index in [4.69, 9.17) is 5.73 Å². The van der Waals surface area contributed by atoms with Crippen LogP contribution in [-0.4, -0.2) is 22.9 Å². The first-order valence-electron chi connectivity index (χ1n) is 6.29. The van der Waals surface area contributed by atoms with Gasteiger partial charge in [-0.05, 0) is 38.9 Å². The number of hydrogen-bond acceptors (Lipinski definition) is 3. The van der Waals surface area contributed by atoms with Crippen LogP contribution in [-0.2, 0) is 0 Å². The summed E-state index contributed by atoms with van der Waals surface area (Å²) in [6, 6.07) is 10.2. The molecule has 1 aromatic heterocycles. The summed E-state index contributed by atoms with van der Waals surface area (Å²) in [7, 11) is 0. The molecule has 0 radical (unpaired) electrons. The fourth-order valence-corrected chi connectivity index (χ4v) is 2.03. The van der Waals surface area contributed by atoms with Crippen molar-refractivity contribution in [2.24, 2.45) is 5.73 Å². The summed E-state index contributed by atoms with van der Waals surface area (Å²) in [5.41, 5.74) is 9.87. The molecule has 0 bridgehead atoms. The number of nitrogens with zero attached hydrogens (tertiary/aromatic N) is 2. The summed E-state index contributed by atoms with van der Waals surface area (Å²) in [5, 5.41) is 7.99. The summed E-state index contributed by atoms with van der Waals surface area (Å²) < 4.78 is 1.97. The Labute approximate surface area is 108 Å². The molecule has 0 aliphatic heterocycles. The zero-order valence-corrected chi connectivity index (χ0v) is 11.0. The van der Waals surface area contributed by atoms with Crippen LogP contribution in [0.15, 0.2) is 30.3 Å². The molecular formula is C14H20N4. The highest BCUT2D eigenvalue weighted by atomic mass is 15.3. The van der Waals surface area contributed by atoms with E-state index in [1.807, 2.05) is 29.8 Å². The highest BCUT2D eigenvalue weighted by molar-refractivity contribution is 5.54. The van der Waals surface area contributed by atoms with E-state index in [0.29, 0.717) is 6.54 Å². The van der Waals surface area contributed by atoms with E-state index in [-0.39, 0.29) is 0 Å². The summed E-state index contributed by atoms with van der Waals surface area (Å²) >= 11 is 0. The van der Waals surface area contributed by atoms with Crippen molar-refractivity contribution in [3.63, 3.8) is 0 Å². The lowest BCUT2D eigenvalue weighted by Crippen LogP contribution is -2.09. The molecule has 0 fully saturated rings. The number of rotatable bonds is 5. The normalized spacial score (nSPS) is 10.6. The Kier molecular flexibility index (Phi) is 3.99. The lowest BCUT2D eigenvalue weighted by Gasteiger charge is -2.07. The fraction of sp³-hybridized carbons (Fsp3) is 0.357. The molecule has 18 heavy (non-hydrogen) atoms. The van der Waals surface area contributed by atoms with Gasteiger partial charge in [0, 0.05) is 6.54 Å². The predicted octanol–water partition coefficient (Wildman–Crippen LogP) is 2.25. The number of hydrogen-bond donors (Lipinski definition) is 2. The Morgan fingerprint density at radius 1 is 1.22 bits per heavy atom. The van der Waals surface area contributed by atoms with E-state index in [9.17, 15) is 0 Å². The van der Waals surface area contributed by atoms with Crippen molar-refractivity contribution in [3.8, 4) is 5.69 Å². The SMILES string of the molecule is Cc1nn(-c2ccccc2)c(C)c1NCCCN. The van der Waals surface area contributed by atoms with E-state index in [1.165, 1.54) is 0 Å². The van der Waals surface area contributed by atoms with Gasteiger partial charge in [-0.1, -0.05) is 18.2 Å². The molecule has 0 saturated heterocycles. The molecule has 0 unspecified atom stereocenters. The van der Waals surface area contributed by atoms with Crippen LogP contribution in [0.5, 0.6) is 0 Å². The molecule has 2 rings (SSSR count). The fourth-order valence-electron chi connectivity index (χ4n) is 2.03. The van der Waals surface area contributed by atoms with Crippen LogP contribution in [0.4, 0.5) is 5.69 Å². The number of nitrogens with two attached hydrogens (primary N) is 1. The zero-order valence-electron chi connectivity index (χ0n) is 11.0. The summed E-state index contributed by atoms with van der Waals surface area (Å²) in [5.74, 6) is 0. The predicted molar refractivity (Wildman–Crippen MR) is 75.2 cm³/mol. The van der Waals surface area contributed by atoms with Crippen LogP contribution < -0.4 is 11.1 Å². The van der Waals surface area contributed by atoms with Gasteiger partial charge < -0.3 is 11.1 Å². The molecular weight excluding hydrogens is 224 g/mol. The molecule has 0 aliphatic carbocycles. The van der Waals surface area contributed by atoms with Crippen molar-refractivity contribution in [1.82, 2.24) is 9.78 Å². The molecule has 1 heterocycles. The number of nitrogens with one attached hydrogen (secondary N) is 1. The van der Waals surface area contributed by atoms with Gasteiger partial charge in [0.1, 0.15) is 0 Å². The van der Waals surface area contributed by atoms with Gasteiger partial charge in [-0.2, -0.15) is 5.10 Å². The van der Waals surface area contributed by atoms with E-state index in [2.05, 4.69) is 29.5 Å². The van der Waals surface area contributed by atoms with Gasteiger partial charge in [0.05, 0.1) is 22.8 Å². The third-order valence-corrected chi connectivity index (χ3v) is 2.97. The molecule has 0 atom stereocenters. The van der Waals surface area contributed by atoms with Gasteiger partial charge in [0.15, 0.2) is 0 Å². The summed E-state index contributed by atoms with van der Waals surface area (Å²) in [6.45, 7) is 5.70. The van der Waals surface area contributed by atoms with Crippen LogP contribution in [0, 0.1) is 13.8 Å². The Bertz CT molecular complexity index is 502. The third kappa shape index (κ3) is 2.54. The van der Waals surface area contributed by atoms with Gasteiger partial charge in [-0.3, -0.25) is 0 Å². The van der Waals surface area contributed by atoms with E-state index >= 15 is 0 Å². The monoisotopic (exact) mass is 244 g/mol. The number of benzene rings is 1. The summed E-state index contributed by atoms with van der Waals surface area (Å²) in [6.07, 6.45) is 0.968. The molecule has 1 aromatic carbocycles. The Hall–Kier alpha value is -1.81. The highest BCUT2D eigenvalue weighted by Crippen LogP contribution is 2.22. The quantitative estimate of drug-likeness (QED) is 0.793. The van der Waals surface area contributed by atoms with Crippen molar-refractivity contribution in [2.75, 3.05) is 18.4 Å². The number of para-hydroxylation sites is 1. The number of aromatic nitrogens is 2. The Morgan fingerprint density at radius 3 is 2.61 bits per heavy atom. The Morgan fingerprint density at radius 2 is 1.94 bits per heavy atom. The summed E-state index contributed by atoms with van der Waals surface area (Å²) in [4.78, 5) is 0. The first-order chi connectivity index (χ1) is 8.74. The maximum atomic E-state index is 5.50. The average Bonchev–Trinajstić information content (AvgIpc) is 2.68. The molecule has 0 amide bonds. The molecule has 0 saturated carbocycles. The van der Waals surface area contributed by atoms with Gasteiger partial charge in [0.2, 0.25) is 0 Å². The highest BCUT2D eigenvalue weighted by Gasteiger charge is 2.11. The standard InChI is InChI=1S/C14H20N4/c1-11-14(16-10-6-9-15)12(2)18(17-11)13-7-4-3-5-8-13/h3-5,7-8,16H,6,9-10,15H2,1-2H3. The molecule has 0 aliphatic rings. The van der Waals surface area contributed by atoms with Gasteiger partial charge >= 0.3 is 0 Å². The van der Waals surface area contributed by atoms with Crippen molar-refractivity contribution < 1.29 is 0 Å². The molecule has 96 valence electrons. The topological polar surface area (TPSA) is 55.9 Å². The van der Waals surface area contributed by atoms with Crippen LogP contribution in [0.2, 0.25) is 0 Å². The second-order valence-corrected chi connectivity index (χ2v) is 4.36. The van der Waals surface area contributed by atoms with Crippen molar-refractivity contribution in [1.29, 1.82) is 0 Å². The van der Waals surface area contributed by atoms with Crippen molar-refractivity contribution >= 4 is 5.69 Å². The van der Waals surface area contributed by atoms with Crippen LogP contribution in [0.3, 0.4) is 0 Å². The van der Waals surface area contributed by atoms with Gasteiger partial charge in [-0.15, -0.1) is 0 Å². The molecule has 0 spiro atoms. The molecule has 2 aromatic rings. The second-order valence-electron chi connectivity index (χ2n) is 4.36. The molecule has 4 heteroatoms. The lowest BCUT2D eigenvalue weighted by atomic mass is 10.3. The average molecular weight is 244 g/mol. The second kappa shape index (κ2) is 5.69. The van der Waals surface area contributed by atoms with E-state index in [0.717, 1.165) is 35.7 Å². The zero-order chi connectivity index (χ0) is 13.0. The van der Waals surface area contributed by atoms with Gasteiger partial charge in [0.25, 0.3) is 0 Å². The minimum Gasteiger partial charge on any atom is -0.382 e. The third-order valence-electron chi connectivity index (χ3n) is 2.97. The van der Waals surface area contributed by atoms with Crippen LogP contribution in [0.25, 0.3) is 5.69 Å². The maximum absolute atomic E-state index is 5.50. The van der Waals surface area contributed by atoms with E-state index < -0.39 is 0 Å². The van der Waals surface area contributed by atoms with E-state index in [1.54, 1.807) is 0 Å². The smallest absolute Gasteiger partial charge is 0.0832 e. The number of aryl methyl sites for hydroxylation is 1. The molecule has 4 nitrogen and oxygen atoms in total.